The minimum atomic E-state index is -1.00. The largest absolute Gasteiger partial charge is 0.321 e. The van der Waals surface area contributed by atoms with E-state index >= 15 is 0 Å². The van der Waals surface area contributed by atoms with Gasteiger partial charge in [-0.1, -0.05) is 44.2 Å². The standard InChI is InChI=1S/C20H21F2N3O2/c1-11(2)16(23)20(27)25-10-12-6-3-4-7-13(12)18(25)19(26)24-17-14(21)8-5-9-15(17)22/h3-9,11,16,18H,10,23H2,1-2H3,(H,24,26)/t16-,18-/m0/s1. The van der Waals surface area contributed by atoms with Gasteiger partial charge in [0.05, 0.1) is 6.04 Å². The van der Waals surface area contributed by atoms with Gasteiger partial charge in [-0.25, -0.2) is 8.78 Å². The van der Waals surface area contributed by atoms with Gasteiger partial charge in [0.25, 0.3) is 5.91 Å². The molecule has 5 nitrogen and oxygen atoms in total. The van der Waals surface area contributed by atoms with Crippen LogP contribution in [0.3, 0.4) is 0 Å². The number of nitrogens with zero attached hydrogens (tertiary/aromatic N) is 1. The number of benzene rings is 2. The van der Waals surface area contributed by atoms with Crippen molar-refractivity contribution in [3.63, 3.8) is 0 Å². The van der Waals surface area contributed by atoms with E-state index in [2.05, 4.69) is 5.32 Å². The summed E-state index contributed by atoms with van der Waals surface area (Å²) in [6, 6.07) is 8.64. The Morgan fingerprint density at radius 2 is 1.74 bits per heavy atom. The summed E-state index contributed by atoms with van der Waals surface area (Å²) < 4.78 is 27.9. The zero-order valence-corrected chi connectivity index (χ0v) is 15.1. The molecular formula is C20H21F2N3O2. The van der Waals surface area contributed by atoms with E-state index in [9.17, 15) is 18.4 Å². The predicted molar refractivity (Wildman–Crippen MR) is 97.5 cm³/mol. The molecule has 7 heteroatoms. The van der Waals surface area contributed by atoms with E-state index in [1.807, 2.05) is 19.9 Å². The molecule has 0 saturated carbocycles. The third-order valence-corrected chi connectivity index (χ3v) is 4.75. The SMILES string of the molecule is CC(C)[C@H](N)C(=O)N1Cc2ccccc2[C@H]1C(=O)Nc1c(F)cccc1F. The van der Waals surface area contributed by atoms with Crippen molar-refractivity contribution in [2.24, 2.45) is 11.7 Å². The molecule has 0 saturated heterocycles. The number of halogens is 2. The van der Waals surface area contributed by atoms with Crippen molar-refractivity contribution in [3.8, 4) is 0 Å². The highest BCUT2D eigenvalue weighted by Gasteiger charge is 2.40. The molecule has 0 spiro atoms. The number of nitrogens with one attached hydrogen (secondary N) is 1. The molecule has 2 aromatic rings. The van der Waals surface area contributed by atoms with Gasteiger partial charge in [-0.3, -0.25) is 9.59 Å². The second-order valence-electron chi connectivity index (χ2n) is 6.92. The maximum absolute atomic E-state index is 13.9. The first-order chi connectivity index (χ1) is 12.8. The number of nitrogens with two attached hydrogens (primary N) is 1. The molecule has 0 fully saturated rings. The molecule has 3 N–H and O–H groups in total. The van der Waals surface area contributed by atoms with Gasteiger partial charge in [0.2, 0.25) is 5.91 Å². The maximum atomic E-state index is 13.9. The molecule has 142 valence electrons. The van der Waals surface area contributed by atoms with Crippen LogP contribution in [0.2, 0.25) is 0 Å². The summed E-state index contributed by atoms with van der Waals surface area (Å²) in [5.74, 6) is -2.95. The van der Waals surface area contributed by atoms with E-state index in [4.69, 9.17) is 5.73 Å². The molecule has 2 aromatic carbocycles. The van der Waals surface area contributed by atoms with Crippen molar-refractivity contribution in [2.45, 2.75) is 32.5 Å². The lowest BCUT2D eigenvalue weighted by Gasteiger charge is -2.28. The molecule has 2 atom stereocenters. The normalized spacial score (nSPS) is 17.0. The molecule has 0 radical (unpaired) electrons. The van der Waals surface area contributed by atoms with Crippen LogP contribution in [-0.2, 0) is 16.1 Å². The molecule has 0 bridgehead atoms. The van der Waals surface area contributed by atoms with Crippen molar-refractivity contribution in [1.29, 1.82) is 0 Å². The first-order valence-electron chi connectivity index (χ1n) is 8.70. The molecule has 0 unspecified atom stereocenters. The maximum Gasteiger partial charge on any atom is 0.252 e. The molecule has 0 aromatic heterocycles. The molecule has 2 amide bonds. The number of para-hydroxylation sites is 1. The number of carbonyl (C=O) groups is 2. The summed E-state index contributed by atoms with van der Waals surface area (Å²) in [6.45, 7) is 3.85. The molecular weight excluding hydrogens is 352 g/mol. The zero-order valence-electron chi connectivity index (χ0n) is 15.1. The van der Waals surface area contributed by atoms with Crippen LogP contribution in [0.25, 0.3) is 0 Å². The number of carbonyl (C=O) groups excluding carboxylic acids is 2. The number of anilines is 1. The Morgan fingerprint density at radius 1 is 1.11 bits per heavy atom. The average Bonchev–Trinajstić information content (AvgIpc) is 3.03. The summed E-state index contributed by atoms with van der Waals surface area (Å²) >= 11 is 0. The van der Waals surface area contributed by atoms with Crippen LogP contribution >= 0.6 is 0 Å². The van der Waals surface area contributed by atoms with Crippen molar-refractivity contribution in [3.05, 3.63) is 65.2 Å². The number of amides is 2. The number of hydrogen-bond donors (Lipinski definition) is 2. The highest BCUT2D eigenvalue weighted by molar-refractivity contribution is 5.99. The first kappa shape index (κ1) is 19.0. The Kier molecular flexibility index (Phi) is 5.23. The fraction of sp³-hybridized carbons (Fsp3) is 0.300. The third-order valence-electron chi connectivity index (χ3n) is 4.75. The molecule has 0 aliphatic carbocycles. The van der Waals surface area contributed by atoms with Gasteiger partial charge in [0.1, 0.15) is 23.4 Å². The Bertz CT molecular complexity index is 865. The Morgan fingerprint density at radius 3 is 2.37 bits per heavy atom. The average molecular weight is 373 g/mol. The monoisotopic (exact) mass is 373 g/mol. The molecule has 1 aliphatic heterocycles. The van der Waals surface area contributed by atoms with Gasteiger partial charge in [-0.2, -0.15) is 0 Å². The lowest BCUT2D eigenvalue weighted by Crippen LogP contribution is -2.47. The first-order valence-corrected chi connectivity index (χ1v) is 8.70. The van der Waals surface area contributed by atoms with Crippen LogP contribution in [0.15, 0.2) is 42.5 Å². The summed E-state index contributed by atoms with van der Waals surface area (Å²) in [7, 11) is 0. The number of hydrogen-bond acceptors (Lipinski definition) is 3. The highest BCUT2D eigenvalue weighted by Crippen LogP contribution is 2.35. The fourth-order valence-corrected chi connectivity index (χ4v) is 3.16. The molecule has 27 heavy (non-hydrogen) atoms. The van der Waals surface area contributed by atoms with E-state index in [-0.39, 0.29) is 18.4 Å². The van der Waals surface area contributed by atoms with E-state index in [0.717, 1.165) is 17.7 Å². The second-order valence-corrected chi connectivity index (χ2v) is 6.92. The molecule has 1 heterocycles. The van der Waals surface area contributed by atoms with E-state index in [1.165, 1.54) is 11.0 Å². The lowest BCUT2D eigenvalue weighted by atomic mass is 10.0. The van der Waals surface area contributed by atoms with Crippen LogP contribution in [0.5, 0.6) is 0 Å². The van der Waals surface area contributed by atoms with Gasteiger partial charge in [-0.15, -0.1) is 0 Å². The second kappa shape index (κ2) is 7.44. The minimum Gasteiger partial charge on any atom is -0.321 e. The van der Waals surface area contributed by atoms with Crippen molar-refractivity contribution in [2.75, 3.05) is 5.32 Å². The topological polar surface area (TPSA) is 75.4 Å². The summed E-state index contributed by atoms with van der Waals surface area (Å²) in [5, 5.41) is 2.29. The smallest absolute Gasteiger partial charge is 0.252 e. The number of rotatable bonds is 4. The van der Waals surface area contributed by atoms with E-state index < -0.39 is 35.3 Å². The van der Waals surface area contributed by atoms with E-state index in [0.29, 0.717) is 5.56 Å². The summed E-state index contributed by atoms with van der Waals surface area (Å²) in [4.78, 5) is 27.1. The Hall–Kier alpha value is -2.80. The Balaban J connectivity index is 1.95. The zero-order chi connectivity index (χ0) is 19.7. The quantitative estimate of drug-likeness (QED) is 0.865. The Labute approximate surface area is 156 Å². The van der Waals surface area contributed by atoms with Gasteiger partial charge in [0, 0.05) is 6.54 Å². The summed E-state index contributed by atoms with van der Waals surface area (Å²) in [6.07, 6.45) is 0. The van der Waals surface area contributed by atoms with E-state index in [1.54, 1.807) is 18.2 Å². The van der Waals surface area contributed by atoms with Gasteiger partial charge in [-0.05, 0) is 29.2 Å². The van der Waals surface area contributed by atoms with Crippen LogP contribution in [0, 0.1) is 17.6 Å². The van der Waals surface area contributed by atoms with Crippen molar-refractivity contribution in [1.82, 2.24) is 4.90 Å². The van der Waals surface area contributed by atoms with Gasteiger partial charge >= 0.3 is 0 Å². The molecule has 3 rings (SSSR count). The van der Waals surface area contributed by atoms with Gasteiger partial charge in [0.15, 0.2) is 0 Å². The number of fused-ring (bicyclic) bond motifs is 1. The summed E-state index contributed by atoms with van der Waals surface area (Å²) in [5.41, 5.74) is 6.88. The molecule has 1 aliphatic rings. The fourth-order valence-electron chi connectivity index (χ4n) is 3.16. The lowest BCUT2D eigenvalue weighted by molar-refractivity contribution is -0.140. The third kappa shape index (κ3) is 3.55. The van der Waals surface area contributed by atoms with Crippen LogP contribution in [0.1, 0.15) is 31.0 Å². The van der Waals surface area contributed by atoms with Crippen molar-refractivity contribution < 1.29 is 18.4 Å². The minimum absolute atomic E-state index is 0.117. The van der Waals surface area contributed by atoms with Crippen LogP contribution in [-0.4, -0.2) is 22.8 Å². The predicted octanol–water partition coefficient (Wildman–Crippen LogP) is 2.97. The van der Waals surface area contributed by atoms with Crippen molar-refractivity contribution >= 4 is 17.5 Å². The van der Waals surface area contributed by atoms with Gasteiger partial charge < -0.3 is 16.0 Å². The van der Waals surface area contributed by atoms with Crippen LogP contribution in [0.4, 0.5) is 14.5 Å². The van der Waals surface area contributed by atoms with Crippen LogP contribution < -0.4 is 11.1 Å². The highest BCUT2D eigenvalue weighted by atomic mass is 19.1.